The van der Waals surface area contributed by atoms with Crippen molar-refractivity contribution in [2.75, 3.05) is 6.61 Å². The standard InChI is InChI=1S/C12H15ClN2O5/c1-6-4-15(12(18)14-11(6)17)10-3-8(13)9(20-10)5-19-7(2)16/h4,8-10H,3,5H2,1-2H3,(H,14,17,18)/t8-,9+,10+/m0/s1. The summed E-state index contributed by atoms with van der Waals surface area (Å²) in [4.78, 5) is 36.1. The summed E-state index contributed by atoms with van der Waals surface area (Å²) in [5.74, 6) is -0.419. The zero-order chi connectivity index (χ0) is 14.9. The fourth-order valence-corrected chi connectivity index (χ4v) is 2.29. The van der Waals surface area contributed by atoms with Crippen LogP contribution in [0.2, 0.25) is 0 Å². The number of carbonyl (C=O) groups is 1. The van der Waals surface area contributed by atoms with Crippen LogP contribution >= 0.6 is 11.6 Å². The zero-order valence-corrected chi connectivity index (χ0v) is 11.8. The molecule has 8 heteroatoms. The first kappa shape index (κ1) is 14.8. The van der Waals surface area contributed by atoms with E-state index >= 15 is 0 Å². The smallest absolute Gasteiger partial charge is 0.330 e. The van der Waals surface area contributed by atoms with Gasteiger partial charge in [0.2, 0.25) is 0 Å². The minimum absolute atomic E-state index is 0.0388. The minimum Gasteiger partial charge on any atom is -0.463 e. The Labute approximate surface area is 119 Å². The highest BCUT2D eigenvalue weighted by molar-refractivity contribution is 6.21. The quantitative estimate of drug-likeness (QED) is 0.641. The lowest BCUT2D eigenvalue weighted by molar-refractivity contribution is -0.145. The van der Waals surface area contributed by atoms with Crippen molar-refractivity contribution in [3.05, 3.63) is 32.6 Å². The number of esters is 1. The predicted octanol–water partition coefficient (Wildman–Crippen LogP) is 0.303. The minimum atomic E-state index is -0.582. The van der Waals surface area contributed by atoms with Crippen LogP contribution in [0.25, 0.3) is 0 Å². The van der Waals surface area contributed by atoms with E-state index < -0.39 is 29.6 Å². The van der Waals surface area contributed by atoms with E-state index in [1.54, 1.807) is 6.92 Å². The first-order chi connectivity index (χ1) is 9.38. The van der Waals surface area contributed by atoms with Gasteiger partial charge in [0.1, 0.15) is 18.9 Å². The maximum Gasteiger partial charge on any atom is 0.330 e. The molecule has 1 aliphatic heterocycles. The Bertz CT molecular complexity index is 623. The highest BCUT2D eigenvalue weighted by atomic mass is 35.5. The largest absolute Gasteiger partial charge is 0.463 e. The van der Waals surface area contributed by atoms with Gasteiger partial charge < -0.3 is 9.47 Å². The molecular formula is C12H15ClN2O5. The molecule has 0 amide bonds. The molecule has 2 heterocycles. The monoisotopic (exact) mass is 302 g/mol. The highest BCUT2D eigenvalue weighted by Gasteiger charge is 2.36. The van der Waals surface area contributed by atoms with Crippen molar-refractivity contribution in [2.45, 2.75) is 38.0 Å². The van der Waals surface area contributed by atoms with Gasteiger partial charge in [-0.3, -0.25) is 19.1 Å². The van der Waals surface area contributed by atoms with Gasteiger partial charge in [-0.1, -0.05) is 0 Å². The number of H-pyrrole nitrogens is 1. The lowest BCUT2D eigenvalue weighted by Crippen LogP contribution is -2.33. The number of hydrogen-bond acceptors (Lipinski definition) is 5. The van der Waals surface area contributed by atoms with Gasteiger partial charge >= 0.3 is 11.7 Å². The van der Waals surface area contributed by atoms with Gasteiger partial charge in [-0.25, -0.2) is 4.79 Å². The summed E-state index contributed by atoms with van der Waals surface area (Å²) >= 11 is 6.13. The third-order valence-corrected chi connectivity index (χ3v) is 3.53. The molecule has 0 spiro atoms. The van der Waals surface area contributed by atoms with Gasteiger partial charge in [-0.2, -0.15) is 0 Å². The molecule has 3 atom stereocenters. The number of aryl methyl sites for hydroxylation is 1. The van der Waals surface area contributed by atoms with Crippen molar-refractivity contribution in [2.24, 2.45) is 0 Å². The van der Waals surface area contributed by atoms with E-state index in [1.807, 2.05) is 0 Å². The second-order valence-corrected chi connectivity index (χ2v) is 5.22. The van der Waals surface area contributed by atoms with Crippen LogP contribution in [0.4, 0.5) is 0 Å². The third kappa shape index (κ3) is 3.10. The molecule has 1 aromatic rings. The molecule has 1 aliphatic rings. The average Bonchev–Trinajstić information content (AvgIpc) is 2.72. The Morgan fingerprint density at radius 3 is 2.95 bits per heavy atom. The van der Waals surface area contributed by atoms with E-state index in [9.17, 15) is 14.4 Å². The van der Waals surface area contributed by atoms with Crippen molar-refractivity contribution < 1.29 is 14.3 Å². The molecule has 2 rings (SSSR count). The lowest BCUT2D eigenvalue weighted by atomic mass is 10.2. The third-order valence-electron chi connectivity index (χ3n) is 3.07. The number of ether oxygens (including phenoxy) is 2. The van der Waals surface area contributed by atoms with Crippen LogP contribution in [0.15, 0.2) is 15.8 Å². The maximum absolute atomic E-state index is 11.8. The van der Waals surface area contributed by atoms with E-state index in [1.165, 1.54) is 17.7 Å². The van der Waals surface area contributed by atoms with Gasteiger partial charge in [-0.15, -0.1) is 11.6 Å². The van der Waals surface area contributed by atoms with Crippen LogP contribution < -0.4 is 11.2 Å². The van der Waals surface area contributed by atoms with Crippen LogP contribution in [0.3, 0.4) is 0 Å². The van der Waals surface area contributed by atoms with E-state index in [-0.39, 0.29) is 12.0 Å². The second kappa shape index (κ2) is 5.80. The first-order valence-electron chi connectivity index (χ1n) is 6.13. The topological polar surface area (TPSA) is 90.4 Å². The van der Waals surface area contributed by atoms with Gasteiger partial charge in [0.15, 0.2) is 0 Å². The predicted molar refractivity (Wildman–Crippen MR) is 70.9 cm³/mol. The number of rotatable bonds is 3. The molecule has 0 saturated carbocycles. The summed E-state index contributed by atoms with van der Waals surface area (Å²) in [7, 11) is 0. The number of nitrogens with one attached hydrogen (secondary N) is 1. The van der Waals surface area contributed by atoms with Gasteiger partial charge in [-0.05, 0) is 6.92 Å². The Balaban J connectivity index is 2.16. The molecule has 0 aliphatic carbocycles. The lowest BCUT2D eigenvalue weighted by Gasteiger charge is -2.16. The second-order valence-electron chi connectivity index (χ2n) is 4.66. The molecule has 0 radical (unpaired) electrons. The number of halogens is 1. The number of alkyl halides is 1. The molecular weight excluding hydrogens is 288 g/mol. The molecule has 1 saturated heterocycles. The summed E-state index contributed by atoms with van der Waals surface area (Å²) in [6.07, 6.45) is 0.758. The molecule has 20 heavy (non-hydrogen) atoms. The van der Waals surface area contributed by atoms with Crippen molar-refractivity contribution in [1.82, 2.24) is 9.55 Å². The molecule has 0 unspecified atom stereocenters. The SMILES string of the molecule is CC(=O)OC[C@H]1O[C@@H](n2cc(C)c(=O)[nH]c2=O)C[C@@H]1Cl. The molecule has 1 aromatic heterocycles. The summed E-state index contributed by atoms with van der Waals surface area (Å²) in [5.41, 5.74) is -0.575. The van der Waals surface area contributed by atoms with Crippen LogP contribution in [0, 0.1) is 6.92 Å². The summed E-state index contributed by atoms with van der Waals surface area (Å²) in [6.45, 7) is 2.93. The molecule has 1 fully saturated rings. The number of hydrogen-bond donors (Lipinski definition) is 1. The maximum atomic E-state index is 11.8. The van der Waals surface area contributed by atoms with Crippen LogP contribution in [0.1, 0.15) is 25.1 Å². The molecule has 7 nitrogen and oxygen atoms in total. The van der Waals surface area contributed by atoms with Gasteiger partial charge in [0, 0.05) is 25.1 Å². The summed E-state index contributed by atoms with van der Waals surface area (Å²) < 4.78 is 11.8. The zero-order valence-electron chi connectivity index (χ0n) is 11.1. The molecule has 0 aromatic carbocycles. The normalized spacial score (nSPS) is 25.6. The molecule has 0 bridgehead atoms. The summed E-state index contributed by atoms with van der Waals surface area (Å²) in [5, 5.41) is -0.376. The van der Waals surface area contributed by atoms with Crippen molar-refractivity contribution >= 4 is 17.6 Å². The fourth-order valence-electron chi connectivity index (χ4n) is 2.01. The Hall–Kier alpha value is -1.60. The van der Waals surface area contributed by atoms with Gasteiger partial charge in [0.25, 0.3) is 5.56 Å². The van der Waals surface area contributed by atoms with E-state index in [0.717, 1.165) is 0 Å². The Morgan fingerprint density at radius 2 is 2.30 bits per heavy atom. The molecule has 1 N–H and O–H groups in total. The van der Waals surface area contributed by atoms with E-state index in [2.05, 4.69) is 4.98 Å². The van der Waals surface area contributed by atoms with Crippen molar-refractivity contribution in [3.8, 4) is 0 Å². The number of carbonyl (C=O) groups excluding carboxylic acids is 1. The van der Waals surface area contributed by atoms with Crippen LogP contribution in [-0.4, -0.2) is 33.6 Å². The van der Waals surface area contributed by atoms with Crippen LogP contribution in [-0.2, 0) is 14.3 Å². The first-order valence-corrected chi connectivity index (χ1v) is 6.57. The Kier molecular flexibility index (Phi) is 4.29. The van der Waals surface area contributed by atoms with Crippen molar-refractivity contribution in [1.29, 1.82) is 0 Å². The van der Waals surface area contributed by atoms with E-state index in [4.69, 9.17) is 21.1 Å². The highest BCUT2D eigenvalue weighted by Crippen LogP contribution is 2.31. The van der Waals surface area contributed by atoms with Crippen molar-refractivity contribution in [3.63, 3.8) is 0 Å². The average molecular weight is 303 g/mol. The Morgan fingerprint density at radius 1 is 1.60 bits per heavy atom. The molecule has 110 valence electrons. The van der Waals surface area contributed by atoms with Crippen LogP contribution in [0.5, 0.6) is 0 Å². The van der Waals surface area contributed by atoms with Gasteiger partial charge in [0.05, 0.1) is 5.38 Å². The fraction of sp³-hybridized carbons (Fsp3) is 0.583. The number of nitrogens with zero attached hydrogens (tertiary/aromatic N) is 1. The summed E-state index contributed by atoms with van der Waals surface area (Å²) in [6, 6.07) is 0. The number of aromatic amines is 1. The van der Waals surface area contributed by atoms with E-state index in [0.29, 0.717) is 12.0 Å². The number of aromatic nitrogens is 2.